The molecule has 4 rings (SSSR count). The van der Waals surface area contributed by atoms with Gasteiger partial charge in [-0.15, -0.1) is 0 Å². The van der Waals surface area contributed by atoms with Gasteiger partial charge in [-0.25, -0.2) is 4.39 Å². The third kappa shape index (κ3) is 3.96. The number of carbonyl (C=O) groups is 1. The Balaban J connectivity index is 1.69. The number of fused-ring (bicyclic) bond motifs is 2. The Labute approximate surface area is 178 Å². The molecular weight excluding hydrogens is 407 g/mol. The Bertz CT molecular complexity index is 1100. The number of nitrogens with zero attached hydrogens (tertiary/aromatic N) is 3. The first-order valence-corrected chi connectivity index (χ1v) is 10.1. The lowest BCUT2D eigenvalue weighted by Gasteiger charge is -2.23. The predicted octanol–water partition coefficient (Wildman–Crippen LogP) is 3.05. The van der Waals surface area contributed by atoms with Gasteiger partial charge >= 0.3 is 0 Å². The number of aryl methyl sites for hydroxylation is 1. The van der Waals surface area contributed by atoms with Crippen LogP contribution in [0.1, 0.15) is 32.7 Å². The van der Waals surface area contributed by atoms with Crippen LogP contribution in [0.4, 0.5) is 10.1 Å². The van der Waals surface area contributed by atoms with Crippen LogP contribution < -0.4 is 10.2 Å². The van der Waals surface area contributed by atoms with Gasteiger partial charge in [0.1, 0.15) is 5.82 Å². The standard InChI is InChI=1S/C22H22ClFN4O2/c1-27-21-10-16-8-18(23)4-5-20(16)28(13-17(21)12-26-27)22(30)14-2-3-15(19(24)9-14)11-25-6-7-29/h2-5,8-9,12,25,29H,6-7,10-11,13H2,1H3. The first kappa shape index (κ1) is 20.5. The minimum Gasteiger partial charge on any atom is -0.395 e. The molecule has 0 spiro atoms. The Morgan fingerprint density at radius 3 is 2.87 bits per heavy atom. The smallest absolute Gasteiger partial charge is 0.258 e. The second-order valence-electron chi connectivity index (χ2n) is 7.29. The van der Waals surface area contributed by atoms with Crippen molar-refractivity contribution >= 4 is 23.2 Å². The summed E-state index contributed by atoms with van der Waals surface area (Å²) in [7, 11) is 1.87. The second kappa shape index (κ2) is 8.55. The summed E-state index contributed by atoms with van der Waals surface area (Å²) >= 11 is 6.21. The van der Waals surface area contributed by atoms with Crippen molar-refractivity contribution in [1.82, 2.24) is 15.1 Å². The van der Waals surface area contributed by atoms with Crippen molar-refractivity contribution in [3.63, 3.8) is 0 Å². The van der Waals surface area contributed by atoms with Gasteiger partial charge in [-0.1, -0.05) is 17.7 Å². The molecular formula is C22H22ClFN4O2. The molecule has 0 radical (unpaired) electrons. The van der Waals surface area contributed by atoms with Crippen molar-refractivity contribution in [3.05, 3.63) is 81.4 Å². The highest BCUT2D eigenvalue weighted by Gasteiger charge is 2.27. The number of benzene rings is 2. The summed E-state index contributed by atoms with van der Waals surface area (Å²) in [5, 5.41) is 16.7. The molecule has 1 aromatic heterocycles. The number of aromatic nitrogens is 2. The van der Waals surface area contributed by atoms with E-state index in [2.05, 4.69) is 10.4 Å². The lowest BCUT2D eigenvalue weighted by atomic mass is 10.1. The van der Waals surface area contributed by atoms with Crippen LogP contribution >= 0.6 is 11.6 Å². The highest BCUT2D eigenvalue weighted by atomic mass is 35.5. The molecule has 1 aliphatic rings. The summed E-state index contributed by atoms with van der Waals surface area (Å²) in [6.07, 6.45) is 2.37. The third-order valence-electron chi connectivity index (χ3n) is 5.32. The number of nitrogens with one attached hydrogen (secondary N) is 1. The van der Waals surface area contributed by atoms with Crippen LogP contribution in [0.2, 0.25) is 5.02 Å². The van der Waals surface area contributed by atoms with Crippen LogP contribution in [0.15, 0.2) is 42.6 Å². The molecule has 0 saturated heterocycles. The zero-order valence-electron chi connectivity index (χ0n) is 16.5. The van der Waals surface area contributed by atoms with Crippen molar-refractivity contribution in [1.29, 1.82) is 0 Å². The highest BCUT2D eigenvalue weighted by Crippen LogP contribution is 2.33. The maximum absolute atomic E-state index is 14.6. The molecule has 1 aliphatic heterocycles. The van der Waals surface area contributed by atoms with Crippen molar-refractivity contribution in [3.8, 4) is 0 Å². The fraction of sp³-hybridized carbons (Fsp3) is 0.273. The number of hydrogen-bond donors (Lipinski definition) is 2. The number of amides is 1. The average Bonchev–Trinajstić information content (AvgIpc) is 2.98. The van der Waals surface area contributed by atoms with Crippen LogP contribution in [-0.2, 0) is 26.6 Å². The van der Waals surface area contributed by atoms with Crippen molar-refractivity contribution < 1.29 is 14.3 Å². The summed E-state index contributed by atoms with van der Waals surface area (Å²) < 4.78 is 16.4. The molecule has 2 heterocycles. The molecule has 6 nitrogen and oxygen atoms in total. The van der Waals surface area contributed by atoms with Crippen molar-refractivity contribution in [2.75, 3.05) is 18.1 Å². The van der Waals surface area contributed by atoms with Crippen LogP contribution in [0.3, 0.4) is 0 Å². The zero-order chi connectivity index (χ0) is 21.3. The molecule has 0 bridgehead atoms. The number of anilines is 1. The van der Waals surface area contributed by atoms with E-state index in [1.165, 1.54) is 6.07 Å². The van der Waals surface area contributed by atoms with Gasteiger partial charge in [0.15, 0.2) is 0 Å². The van der Waals surface area contributed by atoms with Crippen LogP contribution in [-0.4, -0.2) is 33.9 Å². The van der Waals surface area contributed by atoms with Gasteiger partial charge in [0.05, 0.1) is 19.3 Å². The molecule has 1 amide bonds. The molecule has 0 saturated carbocycles. The molecule has 0 fully saturated rings. The van der Waals surface area contributed by atoms with E-state index >= 15 is 0 Å². The van der Waals surface area contributed by atoms with Gasteiger partial charge < -0.3 is 15.3 Å². The van der Waals surface area contributed by atoms with E-state index in [-0.39, 0.29) is 24.6 Å². The summed E-state index contributed by atoms with van der Waals surface area (Å²) in [4.78, 5) is 15.0. The van der Waals surface area contributed by atoms with E-state index in [1.54, 1.807) is 29.3 Å². The van der Waals surface area contributed by atoms with Gasteiger partial charge in [0.2, 0.25) is 0 Å². The molecule has 0 aliphatic carbocycles. The van der Waals surface area contributed by atoms with E-state index < -0.39 is 5.82 Å². The molecule has 2 N–H and O–H groups in total. The topological polar surface area (TPSA) is 70.4 Å². The monoisotopic (exact) mass is 428 g/mol. The van der Waals surface area contributed by atoms with Crippen LogP contribution in [0.25, 0.3) is 0 Å². The number of rotatable bonds is 5. The number of hydrogen-bond acceptors (Lipinski definition) is 4. The molecule has 30 heavy (non-hydrogen) atoms. The normalized spacial score (nSPS) is 13.0. The van der Waals surface area contributed by atoms with E-state index in [9.17, 15) is 9.18 Å². The first-order valence-electron chi connectivity index (χ1n) is 9.68. The SMILES string of the molecule is Cn1ncc2c1Cc1cc(Cl)ccc1N(C(=O)c1ccc(CNCCO)c(F)c1)C2. The molecule has 0 unspecified atom stereocenters. The lowest BCUT2D eigenvalue weighted by Crippen LogP contribution is -2.30. The van der Waals surface area contributed by atoms with E-state index in [4.69, 9.17) is 16.7 Å². The minimum absolute atomic E-state index is 0.0209. The van der Waals surface area contributed by atoms with E-state index in [1.807, 2.05) is 23.9 Å². The lowest BCUT2D eigenvalue weighted by molar-refractivity contribution is 0.0984. The number of aliphatic hydroxyl groups is 1. The van der Waals surface area contributed by atoms with Gasteiger partial charge in [0, 0.05) is 59.7 Å². The van der Waals surface area contributed by atoms with Gasteiger partial charge in [-0.3, -0.25) is 9.48 Å². The third-order valence-corrected chi connectivity index (χ3v) is 5.55. The largest absolute Gasteiger partial charge is 0.395 e. The minimum atomic E-state index is -0.459. The Morgan fingerprint density at radius 2 is 2.10 bits per heavy atom. The Hall–Kier alpha value is -2.74. The van der Waals surface area contributed by atoms with Gasteiger partial charge in [-0.2, -0.15) is 5.10 Å². The highest BCUT2D eigenvalue weighted by molar-refractivity contribution is 6.30. The summed E-state index contributed by atoms with van der Waals surface area (Å²) in [6, 6.07) is 9.94. The number of carbonyl (C=O) groups excluding carboxylic acids is 1. The molecule has 8 heteroatoms. The maximum atomic E-state index is 14.6. The number of aliphatic hydroxyl groups excluding tert-OH is 1. The zero-order valence-corrected chi connectivity index (χ0v) is 17.3. The quantitative estimate of drug-likeness (QED) is 0.613. The predicted molar refractivity (Wildman–Crippen MR) is 113 cm³/mol. The summed E-state index contributed by atoms with van der Waals surface area (Å²) in [5.74, 6) is -0.747. The Kier molecular flexibility index (Phi) is 5.85. The van der Waals surface area contributed by atoms with Crippen LogP contribution in [0.5, 0.6) is 0 Å². The van der Waals surface area contributed by atoms with E-state index in [0.717, 1.165) is 22.5 Å². The first-order chi connectivity index (χ1) is 14.5. The molecule has 0 atom stereocenters. The molecule has 156 valence electrons. The van der Waals surface area contributed by atoms with Gasteiger partial charge in [0.25, 0.3) is 5.91 Å². The van der Waals surface area contributed by atoms with Gasteiger partial charge in [-0.05, 0) is 35.9 Å². The maximum Gasteiger partial charge on any atom is 0.258 e. The fourth-order valence-electron chi connectivity index (χ4n) is 3.73. The fourth-order valence-corrected chi connectivity index (χ4v) is 3.92. The average molecular weight is 429 g/mol. The molecule has 2 aromatic carbocycles. The summed E-state index contributed by atoms with van der Waals surface area (Å²) in [5.41, 5.74) is 4.36. The second-order valence-corrected chi connectivity index (χ2v) is 7.72. The van der Waals surface area contributed by atoms with Crippen molar-refractivity contribution in [2.45, 2.75) is 19.5 Å². The Morgan fingerprint density at radius 1 is 1.27 bits per heavy atom. The van der Waals surface area contributed by atoms with Crippen molar-refractivity contribution in [2.24, 2.45) is 7.05 Å². The van der Waals surface area contributed by atoms with E-state index in [0.29, 0.717) is 30.1 Å². The number of halogens is 2. The molecule has 3 aromatic rings. The van der Waals surface area contributed by atoms with Crippen LogP contribution in [0, 0.1) is 5.82 Å². The summed E-state index contributed by atoms with van der Waals surface area (Å²) in [6.45, 7) is 0.983.